The van der Waals surface area contributed by atoms with Crippen LogP contribution in [0.15, 0.2) is 12.1 Å². The zero-order valence-corrected chi connectivity index (χ0v) is 16.1. The van der Waals surface area contributed by atoms with Crippen molar-refractivity contribution in [3.63, 3.8) is 0 Å². The molecule has 24 heavy (non-hydrogen) atoms. The lowest BCUT2D eigenvalue weighted by atomic mass is 9.96. The van der Waals surface area contributed by atoms with E-state index in [4.69, 9.17) is 44.3 Å². The van der Waals surface area contributed by atoms with Crippen molar-refractivity contribution in [3.05, 3.63) is 28.5 Å². The van der Waals surface area contributed by atoms with Crippen molar-refractivity contribution >= 4 is 40.8 Å². The highest BCUT2D eigenvalue weighted by Crippen LogP contribution is 2.39. The first-order valence-corrected chi connectivity index (χ1v) is 8.87. The molecule has 3 nitrogen and oxygen atoms in total. The SMILES string of the molecule is CC(C)(C)OC(=O)c1cc(F)c(OC2CCC(Cl)(Cl)CC2)cc1Cl. The number of alkyl halides is 2. The van der Waals surface area contributed by atoms with E-state index in [1.807, 2.05) is 0 Å². The highest BCUT2D eigenvalue weighted by Gasteiger charge is 2.32. The van der Waals surface area contributed by atoms with Crippen molar-refractivity contribution < 1.29 is 18.7 Å². The van der Waals surface area contributed by atoms with Crippen LogP contribution in [0.2, 0.25) is 5.02 Å². The average Bonchev–Trinajstić information content (AvgIpc) is 2.42. The Kier molecular flexibility index (Phi) is 5.94. The number of rotatable bonds is 3. The fraction of sp³-hybridized carbons (Fsp3) is 0.588. The summed E-state index contributed by atoms with van der Waals surface area (Å²) in [5.74, 6) is -1.33. The summed E-state index contributed by atoms with van der Waals surface area (Å²) in [6, 6.07) is 2.35. The second kappa shape index (κ2) is 7.27. The van der Waals surface area contributed by atoms with Gasteiger partial charge in [0.2, 0.25) is 0 Å². The van der Waals surface area contributed by atoms with Gasteiger partial charge in [-0.25, -0.2) is 9.18 Å². The standard InChI is InChI=1S/C17H20Cl3FO3/c1-16(2,3)24-15(22)11-8-13(21)14(9-12(11)18)23-10-4-6-17(19,20)7-5-10/h8-10H,4-7H2,1-3H3. The van der Waals surface area contributed by atoms with Gasteiger partial charge in [-0.05, 0) is 52.5 Å². The molecule has 1 aromatic carbocycles. The van der Waals surface area contributed by atoms with Crippen molar-refractivity contribution in [1.29, 1.82) is 0 Å². The van der Waals surface area contributed by atoms with Gasteiger partial charge in [-0.2, -0.15) is 0 Å². The van der Waals surface area contributed by atoms with Crippen LogP contribution in [0.5, 0.6) is 5.75 Å². The van der Waals surface area contributed by atoms with Gasteiger partial charge in [-0.3, -0.25) is 0 Å². The summed E-state index contributed by atoms with van der Waals surface area (Å²) in [6.45, 7) is 5.18. The number of hydrogen-bond acceptors (Lipinski definition) is 3. The van der Waals surface area contributed by atoms with Crippen molar-refractivity contribution in [2.45, 2.75) is 62.5 Å². The zero-order chi connectivity index (χ0) is 18.1. The summed E-state index contributed by atoms with van der Waals surface area (Å²) in [7, 11) is 0. The van der Waals surface area contributed by atoms with Gasteiger partial charge in [0, 0.05) is 6.07 Å². The van der Waals surface area contributed by atoms with Crippen molar-refractivity contribution in [2.75, 3.05) is 0 Å². The molecule has 0 unspecified atom stereocenters. The lowest BCUT2D eigenvalue weighted by Crippen LogP contribution is -2.29. The highest BCUT2D eigenvalue weighted by atomic mass is 35.5. The molecule has 0 heterocycles. The Morgan fingerprint density at radius 3 is 2.38 bits per heavy atom. The fourth-order valence-corrected chi connectivity index (χ4v) is 3.09. The van der Waals surface area contributed by atoms with Gasteiger partial charge in [0.25, 0.3) is 0 Å². The molecule has 0 saturated heterocycles. The number of carbonyl (C=O) groups excluding carboxylic acids is 1. The lowest BCUT2D eigenvalue weighted by Gasteiger charge is -2.31. The Hall–Kier alpha value is -0.710. The number of halogens is 4. The smallest absolute Gasteiger partial charge is 0.340 e. The van der Waals surface area contributed by atoms with Crippen LogP contribution < -0.4 is 4.74 Å². The molecule has 0 N–H and O–H groups in total. The maximum absolute atomic E-state index is 14.3. The maximum atomic E-state index is 14.3. The molecular weight excluding hydrogens is 378 g/mol. The van der Waals surface area contributed by atoms with E-state index in [0.29, 0.717) is 25.7 Å². The summed E-state index contributed by atoms with van der Waals surface area (Å²) >= 11 is 18.2. The molecule has 1 aromatic rings. The van der Waals surface area contributed by atoms with E-state index in [2.05, 4.69) is 0 Å². The molecule has 0 aromatic heterocycles. The molecule has 1 fully saturated rings. The van der Waals surface area contributed by atoms with E-state index in [9.17, 15) is 9.18 Å². The van der Waals surface area contributed by atoms with Crippen molar-refractivity contribution in [2.24, 2.45) is 0 Å². The van der Waals surface area contributed by atoms with Crippen LogP contribution in [-0.2, 0) is 4.74 Å². The number of carbonyl (C=O) groups is 1. The molecule has 7 heteroatoms. The van der Waals surface area contributed by atoms with E-state index in [0.717, 1.165) is 6.07 Å². The predicted octanol–water partition coefficient (Wildman–Crippen LogP) is 5.93. The van der Waals surface area contributed by atoms with Crippen LogP contribution in [-0.4, -0.2) is 22.0 Å². The molecule has 1 saturated carbocycles. The highest BCUT2D eigenvalue weighted by molar-refractivity contribution is 6.48. The Labute approximate surface area is 156 Å². The van der Waals surface area contributed by atoms with Crippen molar-refractivity contribution in [3.8, 4) is 5.75 Å². The molecule has 134 valence electrons. The minimum absolute atomic E-state index is 0.00829. The first-order chi connectivity index (χ1) is 11.0. The summed E-state index contributed by atoms with van der Waals surface area (Å²) < 4.78 is 24.4. The number of esters is 1. The van der Waals surface area contributed by atoms with Crippen molar-refractivity contribution in [1.82, 2.24) is 0 Å². The topological polar surface area (TPSA) is 35.5 Å². The Morgan fingerprint density at radius 1 is 1.25 bits per heavy atom. The zero-order valence-electron chi connectivity index (χ0n) is 13.8. The van der Waals surface area contributed by atoms with Gasteiger partial charge in [0.05, 0.1) is 16.7 Å². The largest absolute Gasteiger partial charge is 0.487 e. The monoisotopic (exact) mass is 396 g/mol. The van der Waals surface area contributed by atoms with E-state index in [1.54, 1.807) is 20.8 Å². The minimum Gasteiger partial charge on any atom is -0.487 e. The molecule has 0 spiro atoms. The van der Waals surface area contributed by atoms with Crippen LogP contribution in [0.1, 0.15) is 56.8 Å². The van der Waals surface area contributed by atoms with Gasteiger partial charge in [0.1, 0.15) is 9.93 Å². The van der Waals surface area contributed by atoms with Gasteiger partial charge < -0.3 is 9.47 Å². The van der Waals surface area contributed by atoms with Crippen LogP contribution in [0.3, 0.4) is 0 Å². The quantitative estimate of drug-likeness (QED) is 0.468. The molecule has 0 atom stereocenters. The minimum atomic E-state index is -0.739. The molecule has 1 aliphatic rings. The number of benzene rings is 1. The van der Waals surface area contributed by atoms with Gasteiger partial charge in [0.15, 0.2) is 11.6 Å². The molecule has 0 aliphatic heterocycles. The summed E-state index contributed by atoms with van der Waals surface area (Å²) in [5.41, 5.74) is -0.718. The molecule has 0 bridgehead atoms. The van der Waals surface area contributed by atoms with E-state index < -0.39 is 21.7 Å². The molecule has 2 rings (SSSR count). The summed E-state index contributed by atoms with van der Waals surface area (Å²) in [4.78, 5) is 12.1. The second-order valence-corrected chi connectivity index (χ2v) is 8.99. The molecule has 0 amide bonds. The third kappa shape index (κ3) is 5.40. The Bertz CT molecular complexity index is 616. The molecule has 1 aliphatic carbocycles. The third-order valence-corrected chi connectivity index (χ3v) is 4.67. The molecular formula is C17H20Cl3FO3. The van der Waals surface area contributed by atoms with E-state index >= 15 is 0 Å². The van der Waals surface area contributed by atoms with E-state index in [1.165, 1.54) is 6.07 Å². The first-order valence-electron chi connectivity index (χ1n) is 7.74. The number of ether oxygens (including phenoxy) is 2. The second-order valence-electron chi connectivity index (χ2n) is 6.94. The van der Waals surface area contributed by atoms with Crippen LogP contribution in [0.25, 0.3) is 0 Å². The lowest BCUT2D eigenvalue weighted by molar-refractivity contribution is 0.00691. The van der Waals surface area contributed by atoms with Gasteiger partial charge >= 0.3 is 5.97 Å². The number of hydrogen-bond donors (Lipinski definition) is 0. The van der Waals surface area contributed by atoms with Gasteiger partial charge in [-0.1, -0.05) is 11.6 Å². The first kappa shape index (κ1) is 19.6. The van der Waals surface area contributed by atoms with Crippen LogP contribution in [0.4, 0.5) is 4.39 Å². The normalized spacial score (nSPS) is 18.3. The van der Waals surface area contributed by atoms with Crippen LogP contribution in [0, 0.1) is 5.82 Å². The Morgan fingerprint density at radius 2 is 1.83 bits per heavy atom. The summed E-state index contributed by atoms with van der Waals surface area (Å²) in [5, 5.41) is 0.0838. The predicted molar refractivity (Wildman–Crippen MR) is 93.9 cm³/mol. The van der Waals surface area contributed by atoms with Gasteiger partial charge in [-0.15, -0.1) is 23.2 Å². The average molecular weight is 398 g/mol. The summed E-state index contributed by atoms with van der Waals surface area (Å²) in [6.07, 6.45) is 2.21. The third-order valence-electron chi connectivity index (χ3n) is 3.60. The Balaban J connectivity index is 2.11. The van der Waals surface area contributed by atoms with Crippen LogP contribution >= 0.6 is 34.8 Å². The molecule has 0 radical (unpaired) electrons. The fourth-order valence-electron chi connectivity index (χ4n) is 2.42. The van der Waals surface area contributed by atoms with E-state index in [-0.39, 0.29) is 22.4 Å². The maximum Gasteiger partial charge on any atom is 0.340 e.